The first-order valence-corrected chi connectivity index (χ1v) is 5.07. The summed E-state index contributed by atoms with van der Waals surface area (Å²) in [6.45, 7) is 6.53. The van der Waals surface area contributed by atoms with Crippen LogP contribution in [0, 0.1) is 0 Å². The average molecular weight is 206 g/mol. The fourth-order valence-electron chi connectivity index (χ4n) is 1.87. The molecule has 4 heteroatoms. The molecule has 2 nitrogen and oxygen atoms in total. The third kappa shape index (κ3) is 2.42. The van der Waals surface area contributed by atoms with Crippen molar-refractivity contribution in [2.75, 3.05) is 20.1 Å². The van der Waals surface area contributed by atoms with E-state index >= 15 is 0 Å². The predicted molar refractivity (Wildman–Crippen MR) is 53.7 cm³/mol. The first-order valence-electron chi connectivity index (χ1n) is 5.07. The van der Waals surface area contributed by atoms with Gasteiger partial charge in [0.2, 0.25) is 0 Å². The Labute approximate surface area is 84.7 Å². The number of nitrogens with zero attached hydrogens (tertiary/aromatic N) is 1. The highest BCUT2D eigenvalue weighted by Crippen LogP contribution is 2.30. The average Bonchev–Trinajstić information content (AvgIpc) is 2.00. The molecule has 1 unspecified atom stereocenters. The second-order valence-electron chi connectivity index (χ2n) is 4.98. The van der Waals surface area contributed by atoms with Crippen LogP contribution in [-0.2, 0) is 0 Å². The molecular weight excluding hydrogens is 186 g/mol. The van der Waals surface area contributed by atoms with Gasteiger partial charge < -0.3 is 5.32 Å². The Hall–Kier alpha value is -0.220. The number of alkyl halides is 2. The Kier molecular flexibility index (Phi) is 3.17. The van der Waals surface area contributed by atoms with Crippen LogP contribution >= 0.6 is 0 Å². The van der Waals surface area contributed by atoms with Crippen LogP contribution in [0.5, 0.6) is 0 Å². The molecule has 0 bridgehead atoms. The quantitative estimate of drug-likeness (QED) is 0.702. The standard InChI is InChI=1S/C10H20F2N2/c1-9(2,3)14-6-5-8(13-4)10(11,12)7-14/h8,13H,5-7H2,1-4H3. The minimum absolute atomic E-state index is 0.137. The van der Waals surface area contributed by atoms with Gasteiger partial charge in [-0.2, -0.15) is 0 Å². The third-order valence-electron chi connectivity index (χ3n) is 2.90. The minimum atomic E-state index is -2.61. The molecule has 1 fully saturated rings. The van der Waals surface area contributed by atoms with Crippen LogP contribution < -0.4 is 5.32 Å². The SMILES string of the molecule is CNC1CCN(C(C)(C)C)CC1(F)F. The molecular formula is C10H20F2N2. The maximum atomic E-state index is 13.5. The zero-order valence-electron chi connectivity index (χ0n) is 9.40. The summed E-state index contributed by atoms with van der Waals surface area (Å²) < 4.78 is 27.1. The van der Waals surface area contributed by atoms with E-state index in [9.17, 15) is 8.78 Å². The molecule has 0 spiro atoms. The third-order valence-corrected chi connectivity index (χ3v) is 2.90. The molecule has 14 heavy (non-hydrogen) atoms. The van der Waals surface area contributed by atoms with Crippen molar-refractivity contribution in [2.24, 2.45) is 0 Å². The Bertz CT molecular complexity index is 199. The lowest BCUT2D eigenvalue weighted by molar-refractivity contribution is -0.108. The molecule has 1 saturated heterocycles. The summed E-state index contributed by atoms with van der Waals surface area (Å²) in [7, 11) is 1.60. The van der Waals surface area contributed by atoms with Gasteiger partial charge in [-0.15, -0.1) is 0 Å². The molecule has 0 amide bonds. The molecule has 1 N–H and O–H groups in total. The van der Waals surface area contributed by atoms with Crippen molar-refractivity contribution in [3.8, 4) is 0 Å². The number of rotatable bonds is 1. The topological polar surface area (TPSA) is 15.3 Å². The smallest absolute Gasteiger partial charge is 0.275 e. The molecule has 0 saturated carbocycles. The fraction of sp³-hybridized carbons (Fsp3) is 1.00. The van der Waals surface area contributed by atoms with Crippen molar-refractivity contribution in [1.82, 2.24) is 10.2 Å². The van der Waals surface area contributed by atoms with Crippen LogP contribution in [-0.4, -0.2) is 42.5 Å². The van der Waals surface area contributed by atoms with Crippen molar-refractivity contribution in [3.63, 3.8) is 0 Å². The van der Waals surface area contributed by atoms with Crippen molar-refractivity contribution in [1.29, 1.82) is 0 Å². The number of likely N-dealkylation sites (tertiary alicyclic amines) is 1. The van der Waals surface area contributed by atoms with Gasteiger partial charge in [-0.3, -0.25) is 4.90 Å². The van der Waals surface area contributed by atoms with E-state index in [0.717, 1.165) is 6.54 Å². The van der Waals surface area contributed by atoms with Crippen LogP contribution in [0.25, 0.3) is 0 Å². The van der Waals surface area contributed by atoms with Crippen molar-refractivity contribution >= 4 is 0 Å². The highest BCUT2D eigenvalue weighted by atomic mass is 19.3. The van der Waals surface area contributed by atoms with Gasteiger partial charge in [-0.05, 0) is 34.2 Å². The molecule has 0 aromatic heterocycles. The molecule has 0 aromatic rings. The predicted octanol–water partition coefficient (Wildman–Crippen LogP) is 1.71. The van der Waals surface area contributed by atoms with Gasteiger partial charge in [-0.1, -0.05) is 0 Å². The molecule has 0 aliphatic carbocycles. The van der Waals surface area contributed by atoms with E-state index in [-0.39, 0.29) is 12.1 Å². The van der Waals surface area contributed by atoms with E-state index in [4.69, 9.17) is 0 Å². The second-order valence-corrected chi connectivity index (χ2v) is 4.98. The summed E-state index contributed by atoms with van der Waals surface area (Å²) in [5.41, 5.74) is -0.165. The number of hydrogen-bond donors (Lipinski definition) is 1. The second kappa shape index (κ2) is 3.74. The summed E-state index contributed by atoms with van der Waals surface area (Å²) in [4.78, 5) is 1.85. The van der Waals surface area contributed by atoms with Crippen LogP contribution in [0.15, 0.2) is 0 Å². The largest absolute Gasteiger partial charge is 0.312 e. The number of piperidine rings is 1. The minimum Gasteiger partial charge on any atom is -0.312 e. The molecule has 1 aliphatic heterocycles. The van der Waals surface area contributed by atoms with E-state index in [1.807, 2.05) is 25.7 Å². The van der Waals surface area contributed by atoms with Crippen LogP contribution in [0.3, 0.4) is 0 Å². The Morgan fingerprint density at radius 1 is 1.36 bits per heavy atom. The maximum absolute atomic E-state index is 13.5. The van der Waals surface area contributed by atoms with E-state index in [1.54, 1.807) is 7.05 Å². The lowest BCUT2D eigenvalue weighted by Crippen LogP contribution is -2.60. The first kappa shape index (κ1) is 11.9. The van der Waals surface area contributed by atoms with E-state index in [1.165, 1.54) is 0 Å². The fourth-order valence-corrected chi connectivity index (χ4v) is 1.87. The molecule has 0 aromatic carbocycles. The molecule has 0 radical (unpaired) electrons. The Morgan fingerprint density at radius 2 is 1.93 bits per heavy atom. The lowest BCUT2D eigenvalue weighted by Gasteiger charge is -2.44. The summed E-state index contributed by atoms with van der Waals surface area (Å²) in [5.74, 6) is -2.61. The highest BCUT2D eigenvalue weighted by molar-refractivity contribution is 4.94. The normalized spacial score (nSPS) is 29.1. The zero-order valence-corrected chi connectivity index (χ0v) is 9.40. The highest BCUT2D eigenvalue weighted by Gasteiger charge is 2.45. The van der Waals surface area contributed by atoms with Gasteiger partial charge in [0.05, 0.1) is 12.6 Å². The van der Waals surface area contributed by atoms with Crippen molar-refractivity contribution in [2.45, 2.75) is 44.7 Å². The summed E-state index contributed by atoms with van der Waals surface area (Å²) in [6.07, 6.45) is 0.515. The molecule has 84 valence electrons. The van der Waals surface area contributed by atoms with Gasteiger partial charge in [-0.25, -0.2) is 8.78 Å². The molecule has 1 atom stereocenters. The number of hydrogen-bond acceptors (Lipinski definition) is 2. The summed E-state index contributed by atoms with van der Waals surface area (Å²) >= 11 is 0. The van der Waals surface area contributed by atoms with Gasteiger partial charge in [0.25, 0.3) is 5.92 Å². The molecule has 1 rings (SSSR count). The summed E-state index contributed by atoms with van der Waals surface area (Å²) in [6, 6.07) is -0.666. The first-order chi connectivity index (χ1) is 6.27. The van der Waals surface area contributed by atoms with E-state index < -0.39 is 12.0 Å². The monoisotopic (exact) mass is 206 g/mol. The number of halogens is 2. The van der Waals surface area contributed by atoms with Gasteiger partial charge >= 0.3 is 0 Å². The zero-order chi connectivity index (χ0) is 11.0. The number of nitrogens with one attached hydrogen (secondary N) is 1. The van der Waals surface area contributed by atoms with Crippen molar-refractivity contribution < 1.29 is 8.78 Å². The summed E-state index contributed by atoms with van der Waals surface area (Å²) in [5, 5.41) is 2.69. The van der Waals surface area contributed by atoms with Crippen LogP contribution in [0.4, 0.5) is 8.78 Å². The van der Waals surface area contributed by atoms with Gasteiger partial charge in [0.15, 0.2) is 0 Å². The lowest BCUT2D eigenvalue weighted by atomic mass is 9.95. The van der Waals surface area contributed by atoms with Crippen LogP contribution in [0.2, 0.25) is 0 Å². The van der Waals surface area contributed by atoms with Crippen molar-refractivity contribution in [3.05, 3.63) is 0 Å². The van der Waals surface area contributed by atoms with Gasteiger partial charge in [0, 0.05) is 12.1 Å². The van der Waals surface area contributed by atoms with Gasteiger partial charge in [0.1, 0.15) is 0 Å². The Balaban J connectivity index is 2.67. The molecule has 1 aliphatic rings. The van der Waals surface area contributed by atoms with E-state index in [2.05, 4.69) is 5.32 Å². The van der Waals surface area contributed by atoms with Crippen LogP contribution in [0.1, 0.15) is 27.2 Å². The maximum Gasteiger partial charge on any atom is 0.275 e. The Morgan fingerprint density at radius 3 is 2.29 bits per heavy atom. The van der Waals surface area contributed by atoms with E-state index in [0.29, 0.717) is 6.42 Å². The molecule has 1 heterocycles.